The molecule has 15 heavy (non-hydrogen) atoms. The number of carbonyl (C=O) groups is 2. The molecule has 1 aliphatic heterocycles. The molecule has 0 saturated carbocycles. The highest BCUT2D eigenvalue weighted by atomic mass is 16.5. The number of ether oxygens (including phenoxy) is 1. The average Bonchev–Trinajstić information content (AvgIpc) is 1.99. The minimum absolute atomic E-state index is 0.164. The Bertz CT molecular complexity index is 321. The van der Waals surface area contributed by atoms with Crippen LogP contribution >= 0.6 is 0 Å². The predicted molar refractivity (Wildman–Crippen MR) is 55.1 cm³/mol. The van der Waals surface area contributed by atoms with E-state index in [1.54, 1.807) is 27.7 Å². The van der Waals surface area contributed by atoms with E-state index in [1.165, 1.54) is 0 Å². The van der Waals surface area contributed by atoms with Crippen LogP contribution in [0, 0.1) is 0 Å². The first-order valence-corrected chi connectivity index (χ1v) is 4.91. The molecule has 0 aromatic carbocycles. The van der Waals surface area contributed by atoms with Crippen molar-refractivity contribution in [3.8, 4) is 0 Å². The molecule has 0 aliphatic carbocycles. The number of carbonyl (C=O) groups excluding carboxylic acids is 2. The Morgan fingerprint density at radius 2 is 2.07 bits per heavy atom. The second-order valence-corrected chi connectivity index (χ2v) is 3.81. The summed E-state index contributed by atoms with van der Waals surface area (Å²) in [5, 5.41) is 5.15. The highest BCUT2D eigenvalue weighted by Gasteiger charge is 2.27. The fraction of sp³-hybridized carbons (Fsp3) is 0.600. The van der Waals surface area contributed by atoms with Gasteiger partial charge in [0.25, 0.3) is 0 Å². The fourth-order valence-electron chi connectivity index (χ4n) is 1.47. The molecule has 0 saturated heterocycles. The number of amides is 2. The first-order chi connectivity index (χ1) is 6.91. The van der Waals surface area contributed by atoms with E-state index in [2.05, 4.69) is 10.6 Å². The molecule has 1 rings (SSSR count). The van der Waals surface area contributed by atoms with Crippen LogP contribution in [0.5, 0.6) is 0 Å². The SMILES string of the molecule is CC1=C(C(=O)OC(C)C)[C@H](C)NC(=O)N1. The van der Waals surface area contributed by atoms with Gasteiger partial charge in [-0.05, 0) is 27.7 Å². The molecule has 0 aromatic rings. The van der Waals surface area contributed by atoms with Crippen molar-refractivity contribution >= 4 is 12.0 Å². The summed E-state index contributed by atoms with van der Waals surface area (Å²) < 4.78 is 5.08. The molecule has 0 spiro atoms. The number of hydrogen-bond donors (Lipinski definition) is 2. The summed E-state index contributed by atoms with van der Waals surface area (Å²) in [5.74, 6) is -0.387. The lowest BCUT2D eigenvalue weighted by molar-refractivity contribution is -0.143. The number of urea groups is 1. The Balaban J connectivity index is 2.87. The maximum Gasteiger partial charge on any atom is 0.338 e. The molecule has 5 nitrogen and oxygen atoms in total. The van der Waals surface area contributed by atoms with Crippen LogP contribution in [-0.4, -0.2) is 24.1 Å². The third-order valence-corrected chi connectivity index (χ3v) is 2.05. The smallest absolute Gasteiger partial charge is 0.338 e. The maximum absolute atomic E-state index is 11.7. The van der Waals surface area contributed by atoms with Gasteiger partial charge in [-0.2, -0.15) is 0 Å². The molecule has 1 aliphatic rings. The summed E-state index contributed by atoms with van der Waals surface area (Å²) in [5.41, 5.74) is 1.03. The second kappa shape index (κ2) is 4.33. The first kappa shape index (κ1) is 11.6. The van der Waals surface area contributed by atoms with Crippen LogP contribution in [0.25, 0.3) is 0 Å². The van der Waals surface area contributed by atoms with Crippen molar-refractivity contribution in [3.05, 3.63) is 11.3 Å². The van der Waals surface area contributed by atoms with Crippen molar-refractivity contribution in [2.75, 3.05) is 0 Å². The molecule has 5 heteroatoms. The molecule has 2 amide bonds. The summed E-state index contributed by atoms with van der Waals surface area (Å²) in [6.07, 6.45) is -0.164. The van der Waals surface area contributed by atoms with E-state index in [4.69, 9.17) is 4.74 Å². The van der Waals surface area contributed by atoms with Crippen molar-refractivity contribution in [3.63, 3.8) is 0 Å². The molecule has 0 unspecified atom stereocenters. The van der Waals surface area contributed by atoms with E-state index in [0.29, 0.717) is 11.3 Å². The lowest BCUT2D eigenvalue weighted by Gasteiger charge is -2.25. The number of nitrogens with one attached hydrogen (secondary N) is 2. The lowest BCUT2D eigenvalue weighted by atomic mass is 10.1. The van der Waals surface area contributed by atoms with Gasteiger partial charge in [0.05, 0.1) is 17.7 Å². The molecule has 84 valence electrons. The standard InChI is InChI=1S/C10H16N2O3/c1-5(2)15-9(13)8-6(3)11-10(14)12-7(8)4/h5-6H,1-4H3,(H2,11,12,14)/t6-/m0/s1. The van der Waals surface area contributed by atoms with Crippen LogP contribution in [-0.2, 0) is 9.53 Å². The Hall–Kier alpha value is -1.52. The summed E-state index contributed by atoms with van der Waals surface area (Å²) >= 11 is 0. The molecule has 0 radical (unpaired) electrons. The van der Waals surface area contributed by atoms with Gasteiger partial charge in [-0.1, -0.05) is 0 Å². The van der Waals surface area contributed by atoms with Crippen molar-refractivity contribution < 1.29 is 14.3 Å². The predicted octanol–water partition coefficient (Wildman–Crippen LogP) is 0.913. The number of hydrogen-bond acceptors (Lipinski definition) is 3. The van der Waals surface area contributed by atoms with E-state index in [1.807, 2.05) is 0 Å². The Kier molecular flexibility index (Phi) is 3.34. The van der Waals surface area contributed by atoms with Crippen LogP contribution in [0.3, 0.4) is 0 Å². The molecule has 2 N–H and O–H groups in total. The molecular weight excluding hydrogens is 196 g/mol. The van der Waals surface area contributed by atoms with Crippen molar-refractivity contribution in [1.82, 2.24) is 10.6 Å². The quantitative estimate of drug-likeness (QED) is 0.669. The van der Waals surface area contributed by atoms with Gasteiger partial charge in [-0.3, -0.25) is 0 Å². The van der Waals surface area contributed by atoms with Gasteiger partial charge < -0.3 is 15.4 Å². The number of esters is 1. The van der Waals surface area contributed by atoms with Crippen LogP contribution in [0.15, 0.2) is 11.3 Å². The lowest BCUT2D eigenvalue weighted by Crippen LogP contribution is -2.48. The van der Waals surface area contributed by atoms with Gasteiger partial charge in [0.2, 0.25) is 0 Å². The highest BCUT2D eigenvalue weighted by Crippen LogP contribution is 2.14. The zero-order chi connectivity index (χ0) is 11.6. The summed E-state index contributed by atoms with van der Waals surface area (Å²) in [6.45, 7) is 7.01. The summed E-state index contributed by atoms with van der Waals surface area (Å²) in [4.78, 5) is 22.7. The van der Waals surface area contributed by atoms with Crippen molar-refractivity contribution in [2.45, 2.75) is 39.8 Å². The van der Waals surface area contributed by atoms with E-state index in [9.17, 15) is 9.59 Å². The molecule has 1 heterocycles. The zero-order valence-electron chi connectivity index (χ0n) is 9.38. The third kappa shape index (κ3) is 2.71. The largest absolute Gasteiger partial charge is 0.460 e. The van der Waals surface area contributed by atoms with Gasteiger partial charge in [0.1, 0.15) is 0 Å². The van der Waals surface area contributed by atoms with E-state index >= 15 is 0 Å². The van der Waals surface area contributed by atoms with E-state index < -0.39 is 0 Å². The third-order valence-electron chi connectivity index (χ3n) is 2.05. The van der Waals surface area contributed by atoms with E-state index in [-0.39, 0.29) is 24.1 Å². The number of rotatable bonds is 2. The molecular formula is C10H16N2O3. The summed E-state index contributed by atoms with van der Waals surface area (Å²) in [7, 11) is 0. The topological polar surface area (TPSA) is 67.4 Å². The van der Waals surface area contributed by atoms with Gasteiger partial charge in [0.15, 0.2) is 0 Å². The minimum atomic E-state index is -0.387. The van der Waals surface area contributed by atoms with Gasteiger partial charge in [0, 0.05) is 5.70 Å². The van der Waals surface area contributed by atoms with Gasteiger partial charge in [-0.15, -0.1) is 0 Å². The first-order valence-electron chi connectivity index (χ1n) is 4.91. The normalized spacial score (nSPS) is 21.1. The van der Waals surface area contributed by atoms with Crippen LogP contribution in [0.1, 0.15) is 27.7 Å². The van der Waals surface area contributed by atoms with Crippen molar-refractivity contribution in [2.24, 2.45) is 0 Å². The minimum Gasteiger partial charge on any atom is -0.460 e. The maximum atomic E-state index is 11.7. The van der Waals surface area contributed by atoms with Gasteiger partial charge in [-0.25, -0.2) is 9.59 Å². The highest BCUT2D eigenvalue weighted by molar-refractivity contribution is 5.94. The average molecular weight is 212 g/mol. The van der Waals surface area contributed by atoms with Crippen LogP contribution < -0.4 is 10.6 Å². The second-order valence-electron chi connectivity index (χ2n) is 3.81. The zero-order valence-corrected chi connectivity index (χ0v) is 9.38. The molecule has 1 atom stereocenters. The van der Waals surface area contributed by atoms with E-state index in [0.717, 1.165) is 0 Å². The van der Waals surface area contributed by atoms with Crippen LogP contribution in [0.2, 0.25) is 0 Å². The number of allylic oxidation sites excluding steroid dienone is 1. The van der Waals surface area contributed by atoms with Crippen LogP contribution in [0.4, 0.5) is 4.79 Å². The molecule has 0 aromatic heterocycles. The Morgan fingerprint density at radius 3 is 2.53 bits per heavy atom. The van der Waals surface area contributed by atoms with Crippen molar-refractivity contribution in [1.29, 1.82) is 0 Å². The Morgan fingerprint density at radius 1 is 1.47 bits per heavy atom. The van der Waals surface area contributed by atoms with Gasteiger partial charge >= 0.3 is 12.0 Å². The fourth-order valence-corrected chi connectivity index (χ4v) is 1.47. The Labute approximate surface area is 88.9 Å². The molecule has 0 bridgehead atoms. The molecule has 0 fully saturated rings. The monoisotopic (exact) mass is 212 g/mol. The summed E-state index contributed by atoms with van der Waals surface area (Å²) in [6, 6.07) is -0.605.